The number of hydrogen-bond donors (Lipinski definition) is 0. The first-order chi connectivity index (χ1) is 9.72. The first-order valence-electron chi connectivity index (χ1n) is 7.06. The van der Waals surface area contributed by atoms with E-state index in [0.717, 1.165) is 43.4 Å². The van der Waals surface area contributed by atoms with Crippen molar-refractivity contribution in [1.82, 2.24) is 4.98 Å². The van der Waals surface area contributed by atoms with Gasteiger partial charge in [0, 0.05) is 32.2 Å². The average Bonchev–Trinajstić information content (AvgIpc) is 2.88. The molecule has 6 heteroatoms. The molecule has 0 radical (unpaired) electrons. The van der Waals surface area contributed by atoms with Gasteiger partial charge in [-0.05, 0) is 25.7 Å². The zero-order chi connectivity index (χ0) is 14.4. The molecular formula is C14H22N2O3S. The van der Waals surface area contributed by atoms with Crippen LogP contribution >= 0.6 is 11.3 Å². The average molecular weight is 298 g/mol. The van der Waals surface area contributed by atoms with Gasteiger partial charge in [0.1, 0.15) is 0 Å². The third-order valence-corrected chi connectivity index (χ3v) is 4.41. The van der Waals surface area contributed by atoms with E-state index in [1.165, 1.54) is 0 Å². The summed E-state index contributed by atoms with van der Waals surface area (Å²) in [5, 5.41) is 2.97. The summed E-state index contributed by atoms with van der Waals surface area (Å²) >= 11 is 1.61. The molecule has 1 aromatic heterocycles. The van der Waals surface area contributed by atoms with E-state index in [1.807, 2.05) is 12.3 Å². The van der Waals surface area contributed by atoms with E-state index in [1.54, 1.807) is 18.4 Å². The molecule has 1 aromatic rings. The molecule has 20 heavy (non-hydrogen) atoms. The highest BCUT2D eigenvalue weighted by Crippen LogP contribution is 2.26. The summed E-state index contributed by atoms with van der Waals surface area (Å²) in [6, 6.07) is 0. The smallest absolute Gasteiger partial charge is 0.311 e. The van der Waals surface area contributed by atoms with E-state index >= 15 is 0 Å². The van der Waals surface area contributed by atoms with Gasteiger partial charge in [0.25, 0.3) is 0 Å². The van der Waals surface area contributed by atoms with Gasteiger partial charge in [0.2, 0.25) is 0 Å². The molecule has 2 heterocycles. The van der Waals surface area contributed by atoms with Crippen LogP contribution in [0.15, 0.2) is 5.38 Å². The SMILES string of the molecule is CCOC(=O)Cc1csc(N2CCC(COC)CC2)n1. The first-order valence-corrected chi connectivity index (χ1v) is 7.94. The Balaban J connectivity index is 1.85. The number of ether oxygens (including phenoxy) is 2. The molecule has 1 saturated heterocycles. The Hall–Kier alpha value is -1.14. The highest BCUT2D eigenvalue weighted by molar-refractivity contribution is 7.13. The second kappa shape index (κ2) is 7.59. The van der Waals surface area contributed by atoms with Crippen LogP contribution in [-0.2, 0) is 20.7 Å². The van der Waals surface area contributed by atoms with Crippen molar-refractivity contribution in [2.75, 3.05) is 38.3 Å². The van der Waals surface area contributed by atoms with Crippen LogP contribution in [0.4, 0.5) is 5.13 Å². The van der Waals surface area contributed by atoms with Crippen LogP contribution in [0.3, 0.4) is 0 Å². The number of nitrogens with zero attached hydrogens (tertiary/aromatic N) is 2. The van der Waals surface area contributed by atoms with Crippen LogP contribution in [-0.4, -0.2) is 44.4 Å². The first kappa shape index (κ1) is 15.3. The second-order valence-corrected chi connectivity index (χ2v) is 5.83. The monoisotopic (exact) mass is 298 g/mol. The number of hydrogen-bond acceptors (Lipinski definition) is 6. The Morgan fingerprint density at radius 3 is 2.90 bits per heavy atom. The highest BCUT2D eigenvalue weighted by atomic mass is 32.1. The third kappa shape index (κ3) is 4.18. The van der Waals surface area contributed by atoms with Gasteiger partial charge in [-0.1, -0.05) is 0 Å². The van der Waals surface area contributed by atoms with Crippen LogP contribution in [0.25, 0.3) is 0 Å². The van der Waals surface area contributed by atoms with Gasteiger partial charge >= 0.3 is 5.97 Å². The molecule has 0 N–H and O–H groups in total. The summed E-state index contributed by atoms with van der Waals surface area (Å²) in [4.78, 5) is 18.3. The minimum atomic E-state index is -0.205. The Morgan fingerprint density at radius 2 is 2.25 bits per heavy atom. The Bertz CT molecular complexity index is 428. The van der Waals surface area contributed by atoms with Crippen molar-refractivity contribution in [3.05, 3.63) is 11.1 Å². The summed E-state index contributed by atoms with van der Waals surface area (Å²) in [5.41, 5.74) is 0.808. The molecule has 1 aliphatic heterocycles. The predicted molar refractivity (Wildman–Crippen MR) is 79.3 cm³/mol. The number of methoxy groups -OCH3 is 1. The van der Waals surface area contributed by atoms with E-state index in [-0.39, 0.29) is 12.4 Å². The summed E-state index contributed by atoms with van der Waals surface area (Å²) in [7, 11) is 1.76. The number of anilines is 1. The number of piperidine rings is 1. The normalized spacial score (nSPS) is 16.4. The van der Waals surface area contributed by atoms with Crippen LogP contribution in [0.5, 0.6) is 0 Å². The molecule has 112 valence electrons. The lowest BCUT2D eigenvalue weighted by Crippen LogP contribution is -2.34. The van der Waals surface area contributed by atoms with Gasteiger partial charge in [-0.2, -0.15) is 0 Å². The number of thiazole rings is 1. The van der Waals surface area contributed by atoms with Crippen molar-refractivity contribution in [3.63, 3.8) is 0 Å². The fourth-order valence-corrected chi connectivity index (χ4v) is 3.29. The topological polar surface area (TPSA) is 51.7 Å². The molecule has 0 bridgehead atoms. The van der Waals surface area contributed by atoms with Crippen molar-refractivity contribution < 1.29 is 14.3 Å². The van der Waals surface area contributed by atoms with E-state index in [2.05, 4.69) is 9.88 Å². The molecule has 0 aromatic carbocycles. The van der Waals surface area contributed by atoms with E-state index in [4.69, 9.17) is 9.47 Å². The van der Waals surface area contributed by atoms with Crippen molar-refractivity contribution >= 4 is 22.4 Å². The fourth-order valence-electron chi connectivity index (χ4n) is 2.41. The van der Waals surface area contributed by atoms with E-state index < -0.39 is 0 Å². The zero-order valence-electron chi connectivity index (χ0n) is 12.1. The van der Waals surface area contributed by atoms with Crippen molar-refractivity contribution in [3.8, 4) is 0 Å². The largest absolute Gasteiger partial charge is 0.466 e. The van der Waals surface area contributed by atoms with Crippen LogP contribution in [0, 0.1) is 5.92 Å². The van der Waals surface area contributed by atoms with E-state index in [9.17, 15) is 4.79 Å². The molecule has 2 rings (SSSR count). The van der Waals surface area contributed by atoms with Gasteiger partial charge in [0.05, 0.1) is 18.7 Å². The van der Waals surface area contributed by atoms with Crippen molar-refractivity contribution in [2.24, 2.45) is 5.92 Å². The lowest BCUT2D eigenvalue weighted by Gasteiger charge is -2.31. The quantitative estimate of drug-likeness (QED) is 0.753. The minimum absolute atomic E-state index is 0.205. The molecule has 0 spiro atoms. The van der Waals surface area contributed by atoms with Gasteiger partial charge < -0.3 is 14.4 Å². The van der Waals surface area contributed by atoms with Gasteiger partial charge in [0.15, 0.2) is 5.13 Å². The van der Waals surface area contributed by atoms with Gasteiger partial charge in [-0.3, -0.25) is 4.79 Å². The summed E-state index contributed by atoms with van der Waals surface area (Å²) in [5.74, 6) is 0.457. The van der Waals surface area contributed by atoms with Crippen LogP contribution in [0.1, 0.15) is 25.5 Å². The molecule has 0 saturated carbocycles. The van der Waals surface area contributed by atoms with Crippen LogP contribution in [0.2, 0.25) is 0 Å². The zero-order valence-corrected chi connectivity index (χ0v) is 12.9. The number of rotatable bonds is 6. The Kier molecular flexibility index (Phi) is 5.79. The molecule has 0 amide bonds. The maximum atomic E-state index is 11.4. The molecule has 0 unspecified atom stereocenters. The number of esters is 1. The second-order valence-electron chi connectivity index (χ2n) is 4.99. The summed E-state index contributed by atoms with van der Waals surface area (Å²) in [6.07, 6.45) is 2.55. The summed E-state index contributed by atoms with van der Waals surface area (Å²) in [6.45, 7) is 5.11. The van der Waals surface area contributed by atoms with Crippen LogP contribution < -0.4 is 4.90 Å². The van der Waals surface area contributed by atoms with Gasteiger partial charge in [-0.15, -0.1) is 11.3 Å². The lowest BCUT2D eigenvalue weighted by atomic mass is 9.98. The maximum Gasteiger partial charge on any atom is 0.311 e. The lowest BCUT2D eigenvalue weighted by molar-refractivity contribution is -0.142. The third-order valence-electron chi connectivity index (χ3n) is 3.46. The molecule has 1 fully saturated rings. The van der Waals surface area contributed by atoms with Crippen molar-refractivity contribution in [2.45, 2.75) is 26.2 Å². The minimum Gasteiger partial charge on any atom is -0.466 e. The molecule has 5 nitrogen and oxygen atoms in total. The molecule has 1 aliphatic rings. The Morgan fingerprint density at radius 1 is 1.50 bits per heavy atom. The molecular weight excluding hydrogens is 276 g/mol. The fraction of sp³-hybridized carbons (Fsp3) is 0.714. The predicted octanol–water partition coefficient (Wildman–Crippen LogP) is 2.11. The number of aromatic nitrogens is 1. The molecule has 0 aliphatic carbocycles. The highest BCUT2D eigenvalue weighted by Gasteiger charge is 2.21. The molecule has 0 atom stereocenters. The Labute approximate surface area is 123 Å². The number of carbonyl (C=O) groups is 1. The van der Waals surface area contributed by atoms with Crippen molar-refractivity contribution in [1.29, 1.82) is 0 Å². The standard InChI is InChI=1S/C14H22N2O3S/c1-3-19-13(17)8-12-10-20-14(15-12)16-6-4-11(5-7-16)9-18-2/h10-11H,3-9H2,1-2H3. The maximum absolute atomic E-state index is 11.4. The van der Waals surface area contributed by atoms with E-state index in [0.29, 0.717) is 12.5 Å². The summed E-state index contributed by atoms with van der Waals surface area (Å²) < 4.78 is 10.1. The van der Waals surface area contributed by atoms with Gasteiger partial charge in [-0.25, -0.2) is 4.98 Å². The number of carbonyl (C=O) groups excluding carboxylic acids is 1.